The lowest BCUT2D eigenvalue weighted by atomic mass is 9.96. The molecule has 0 amide bonds. The van der Waals surface area contributed by atoms with Gasteiger partial charge in [-0.25, -0.2) is 9.79 Å². The molecule has 2 aromatic carbocycles. The first-order chi connectivity index (χ1) is 17.3. The van der Waals surface area contributed by atoms with Crippen LogP contribution in [0, 0.1) is 0 Å². The Hall–Kier alpha value is -3.53. The van der Waals surface area contributed by atoms with Crippen LogP contribution in [0.5, 0.6) is 5.75 Å². The number of carbonyl (C=O) groups is 2. The molecule has 0 bridgehead atoms. The van der Waals surface area contributed by atoms with Crippen molar-refractivity contribution in [3.8, 4) is 5.75 Å². The summed E-state index contributed by atoms with van der Waals surface area (Å²) in [5.41, 5.74) is 1.41. The number of fused-ring (bicyclic) bond motifs is 1. The summed E-state index contributed by atoms with van der Waals surface area (Å²) in [7, 11) is 1.51. The monoisotopic (exact) mass is 526 g/mol. The van der Waals surface area contributed by atoms with Crippen molar-refractivity contribution >= 4 is 41.0 Å². The van der Waals surface area contributed by atoms with Crippen LogP contribution < -0.4 is 19.6 Å². The fourth-order valence-corrected chi connectivity index (χ4v) is 5.13. The van der Waals surface area contributed by atoms with Gasteiger partial charge < -0.3 is 14.2 Å². The van der Waals surface area contributed by atoms with E-state index in [1.165, 1.54) is 29.9 Å². The number of thiazole rings is 1. The molecule has 2 heterocycles. The highest BCUT2D eigenvalue weighted by Gasteiger charge is 2.34. The van der Waals surface area contributed by atoms with Crippen LogP contribution in [0.1, 0.15) is 31.0 Å². The number of hydrogen-bond donors (Lipinski definition) is 0. The molecule has 0 saturated heterocycles. The van der Waals surface area contributed by atoms with Crippen molar-refractivity contribution in [1.29, 1.82) is 0 Å². The van der Waals surface area contributed by atoms with Gasteiger partial charge in [0.15, 0.2) is 4.80 Å². The van der Waals surface area contributed by atoms with E-state index in [1.807, 2.05) is 0 Å². The summed E-state index contributed by atoms with van der Waals surface area (Å²) < 4.78 is 17.5. The number of ether oxygens (including phenoxy) is 3. The summed E-state index contributed by atoms with van der Waals surface area (Å²) in [6.45, 7) is 3.29. The Balaban J connectivity index is 1.91. The third-order valence-corrected chi connectivity index (χ3v) is 6.75. The van der Waals surface area contributed by atoms with Crippen molar-refractivity contribution < 1.29 is 23.8 Å². The highest BCUT2D eigenvalue weighted by molar-refractivity contribution is 7.07. The summed E-state index contributed by atoms with van der Waals surface area (Å²) in [4.78, 5) is 43.3. The van der Waals surface area contributed by atoms with Gasteiger partial charge in [0.1, 0.15) is 18.4 Å². The smallest absolute Gasteiger partial charge is 0.338 e. The number of aromatic nitrogens is 1. The Morgan fingerprint density at radius 3 is 2.58 bits per heavy atom. The zero-order valence-electron chi connectivity index (χ0n) is 19.8. The maximum Gasteiger partial charge on any atom is 0.338 e. The standard InChI is InChI=1S/C26H23ClN2O6S/c1-15-22(25(32)34-13-12-33-3)23(18-9-5-6-10-19(18)27)29-24(31)21(36-26(29)28-15)14-17-8-4-7-11-20(17)35-16(2)30/h4-11,14,23H,12-13H2,1-3H3. The first-order valence-corrected chi connectivity index (χ1v) is 12.2. The number of methoxy groups -OCH3 is 1. The average Bonchev–Trinajstić information content (AvgIpc) is 3.14. The Kier molecular flexibility index (Phi) is 7.83. The number of rotatable bonds is 7. The fourth-order valence-electron chi connectivity index (χ4n) is 3.86. The van der Waals surface area contributed by atoms with Crippen molar-refractivity contribution in [2.75, 3.05) is 20.3 Å². The number of nitrogens with zero attached hydrogens (tertiary/aromatic N) is 2. The molecule has 1 aliphatic rings. The maximum absolute atomic E-state index is 13.7. The van der Waals surface area contributed by atoms with Crippen LogP contribution >= 0.6 is 22.9 Å². The minimum atomic E-state index is -0.837. The van der Waals surface area contributed by atoms with E-state index in [2.05, 4.69) is 4.99 Å². The number of carbonyl (C=O) groups excluding carboxylic acids is 2. The van der Waals surface area contributed by atoms with Gasteiger partial charge in [0.05, 0.1) is 22.4 Å². The Morgan fingerprint density at radius 2 is 1.86 bits per heavy atom. The molecule has 0 fully saturated rings. The van der Waals surface area contributed by atoms with E-state index >= 15 is 0 Å². The lowest BCUT2D eigenvalue weighted by Gasteiger charge is -2.25. The van der Waals surface area contributed by atoms with Gasteiger partial charge in [-0.2, -0.15) is 0 Å². The molecular formula is C26H23ClN2O6S. The third kappa shape index (κ3) is 5.18. The van der Waals surface area contributed by atoms with Crippen LogP contribution in [0.25, 0.3) is 6.08 Å². The van der Waals surface area contributed by atoms with Crippen LogP contribution in [-0.4, -0.2) is 36.8 Å². The highest BCUT2D eigenvalue weighted by Crippen LogP contribution is 2.34. The second-order valence-electron chi connectivity index (χ2n) is 7.86. The van der Waals surface area contributed by atoms with Crippen LogP contribution in [0.2, 0.25) is 5.02 Å². The van der Waals surface area contributed by atoms with E-state index in [1.54, 1.807) is 61.5 Å². The molecule has 1 aromatic heterocycles. The molecule has 0 N–H and O–H groups in total. The zero-order valence-corrected chi connectivity index (χ0v) is 21.4. The molecule has 186 valence electrons. The van der Waals surface area contributed by atoms with Crippen LogP contribution in [0.4, 0.5) is 0 Å². The molecule has 3 aromatic rings. The summed E-state index contributed by atoms with van der Waals surface area (Å²) >= 11 is 7.70. The molecule has 0 spiro atoms. The lowest BCUT2D eigenvalue weighted by molar-refractivity contribution is -0.140. The molecule has 10 heteroatoms. The number of esters is 2. The van der Waals surface area contributed by atoms with Crippen molar-refractivity contribution in [3.05, 3.63) is 95.6 Å². The van der Waals surface area contributed by atoms with Crippen LogP contribution in [0.15, 0.2) is 69.6 Å². The van der Waals surface area contributed by atoms with E-state index in [9.17, 15) is 14.4 Å². The number of halogens is 1. The molecule has 4 rings (SSSR count). The number of para-hydroxylation sites is 1. The summed E-state index contributed by atoms with van der Waals surface area (Å²) in [6, 6.07) is 13.1. The molecule has 0 aliphatic carbocycles. The second kappa shape index (κ2) is 11.0. The second-order valence-corrected chi connectivity index (χ2v) is 9.28. The van der Waals surface area contributed by atoms with Gasteiger partial charge >= 0.3 is 11.9 Å². The van der Waals surface area contributed by atoms with E-state index in [0.29, 0.717) is 36.9 Å². The van der Waals surface area contributed by atoms with Gasteiger partial charge in [-0.1, -0.05) is 59.3 Å². The van der Waals surface area contributed by atoms with Crippen molar-refractivity contribution in [1.82, 2.24) is 4.57 Å². The third-order valence-electron chi connectivity index (χ3n) is 5.42. The molecule has 1 aliphatic heterocycles. The SMILES string of the molecule is COCCOC(=O)C1=C(C)N=c2sc(=Cc3ccccc3OC(C)=O)c(=O)n2C1c1ccccc1Cl. The summed E-state index contributed by atoms with van der Waals surface area (Å²) in [5, 5.41) is 0.397. The van der Waals surface area contributed by atoms with E-state index in [0.717, 1.165) is 0 Å². The summed E-state index contributed by atoms with van der Waals surface area (Å²) in [5.74, 6) is -0.743. The van der Waals surface area contributed by atoms with E-state index < -0.39 is 18.0 Å². The Labute approximate surface area is 215 Å². The normalized spacial score (nSPS) is 15.3. The summed E-state index contributed by atoms with van der Waals surface area (Å²) in [6.07, 6.45) is 1.64. The van der Waals surface area contributed by atoms with Gasteiger partial charge in [0.2, 0.25) is 0 Å². The molecule has 0 saturated carbocycles. The molecule has 36 heavy (non-hydrogen) atoms. The number of benzene rings is 2. The van der Waals surface area contributed by atoms with Gasteiger partial charge in [0.25, 0.3) is 5.56 Å². The average molecular weight is 527 g/mol. The Bertz CT molecular complexity index is 1540. The van der Waals surface area contributed by atoms with E-state index in [-0.39, 0.29) is 24.3 Å². The van der Waals surface area contributed by atoms with Gasteiger partial charge in [-0.3, -0.25) is 14.2 Å². The molecule has 0 radical (unpaired) electrons. The van der Waals surface area contributed by atoms with Crippen molar-refractivity contribution in [3.63, 3.8) is 0 Å². The first-order valence-electron chi connectivity index (χ1n) is 11.0. The van der Waals surface area contributed by atoms with Crippen LogP contribution in [-0.2, 0) is 19.1 Å². The fraction of sp³-hybridized carbons (Fsp3) is 0.231. The predicted molar refractivity (Wildman–Crippen MR) is 136 cm³/mol. The van der Waals surface area contributed by atoms with Crippen molar-refractivity contribution in [2.24, 2.45) is 4.99 Å². The first kappa shape index (κ1) is 25.6. The number of allylic oxidation sites excluding steroid dienone is 1. The minimum Gasteiger partial charge on any atom is -0.460 e. The predicted octanol–water partition coefficient (Wildman–Crippen LogP) is 3.00. The maximum atomic E-state index is 13.7. The van der Waals surface area contributed by atoms with Gasteiger partial charge in [0, 0.05) is 24.6 Å². The lowest BCUT2D eigenvalue weighted by Crippen LogP contribution is -2.40. The number of hydrogen-bond acceptors (Lipinski definition) is 8. The minimum absolute atomic E-state index is 0.0543. The zero-order chi connectivity index (χ0) is 25.8. The quantitative estimate of drug-likeness (QED) is 0.267. The largest absolute Gasteiger partial charge is 0.460 e. The Morgan fingerprint density at radius 1 is 1.14 bits per heavy atom. The molecule has 1 unspecified atom stereocenters. The van der Waals surface area contributed by atoms with Gasteiger partial charge in [-0.15, -0.1) is 0 Å². The highest BCUT2D eigenvalue weighted by atomic mass is 35.5. The molecule has 8 nitrogen and oxygen atoms in total. The molecular weight excluding hydrogens is 504 g/mol. The van der Waals surface area contributed by atoms with Crippen molar-refractivity contribution in [2.45, 2.75) is 19.9 Å². The molecule has 1 atom stereocenters. The van der Waals surface area contributed by atoms with Crippen LogP contribution in [0.3, 0.4) is 0 Å². The van der Waals surface area contributed by atoms with E-state index in [4.69, 9.17) is 25.8 Å². The topological polar surface area (TPSA) is 96.2 Å². The van der Waals surface area contributed by atoms with Gasteiger partial charge in [-0.05, 0) is 30.7 Å².